The van der Waals surface area contributed by atoms with E-state index in [1.807, 2.05) is 20.9 Å². The predicted molar refractivity (Wildman–Crippen MR) is 76.6 cm³/mol. The molecule has 0 saturated carbocycles. The van der Waals surface area contributed by atoms with Crippen molar-refractivity contribution in [1.29, 1.82) is 0 Å². The number of nitrogens with zero attached hydrogens (tertiary/aromatic N) is 6. The van der Waals surface area contributed by atoms with Crippen LogP contribution in [0.2, 0.25) is 0 Å². The van der Waals surface area contributed by atoms with Crippen molar-refractivity contribution < 1.29 is 4.74 Å². The smallest absolute Gasteiger partial charge is 0.323 e. The fourth-order valence-electron chi connectivity index (χ4n) is 1.55. The Bertz CT molecular complexity index is 583. The summed E-state index contributed by atoms with van der Waals surface area (Å²) in [6.07, 6.45) is 2.27. The number of aryl methyl sites for hydroxylation is 1. The molecule has 0 bridgehead atoms. The lowest BCUT2D eigenvalue weighted by molar-refractivity contribution is 0.222. The van der Waals surface area contributed by atoms with Crippen LogP contribution in [0.25, 0.3) is 0 Å². The molecule has 0 atom stereocenters. The molecule has 10 nitrogen and oxygen atoms in total. The number of hydrazine groups is 1. The lowest BCUT2D eigenvalue weighted by Gasteiger charge is -2.10. The van der Waals surface area contributed by atoms with Gasteiger partial charge in [-0.25, -0.2) is 10.8 Å². The average Bonchev–Trinajstić information content (AvgIpc) is 2.83. The van der Waals surface area contributed by atoms with Crippen molar-refractivity contribution in [2.24, 2.45) is 12.9 Å². The summed E-state index contributed by atoms with van der Waals surface area (Å²) in [4.78, 5) is 16.4. The number of nitrogens with two attached hydrogens (primary N) is 1. The molecule has 0 fully saturated rings. The van der Waals surface area contributed by atoms with E-state index in [1.54, 1.807) is 11.0 Å². The number of rotatable bonds is 7. The van der Waals surface area contributed by atoms with Crippen LogP contribution in [0.15, 0.2) is 6.33 Å². The van der Waals surface area contributed by atoms with E-state index in [9.17, 15) is 0 Å². The van der Waals surface area contributed by atoms with Crippen LogP contribution in [0.1, 0.15) is 19.7 Å². The molecule has 0 aliphatic carbocycles. The van der Waals surface area contributed by atoms with Crippen molar-refractivity contribution in [2.75, 3.05) is 17.3 Å². The quantitative estimate of drug-likeness (QED) is 0.466. The van der Waals surface area contributed by atoms with Crippen LogP contribution in [0.4, 0.5) is 11.9 Å². The highest BCUT2D eigenvalue weighted by molar-refractivity contribution is 5.34. The number of hydrogen-bond donors (Lipinski definition) is 3. The zero-order chi connectivity index (χ0) is 15.2. The molecule has 0 aromatic carbocycles. The third-order valence-electron chi connectivity index (χ3n) is 2.36. The molecule has 4 N–H and O–H groups in total. The maximum Gasteiger partial charge on any atom is 0.323 e. The molecule has 0 saturated heterocycles. The number of aromatic nitrogens is 6. The van der Waals surface area contributed by atoms with Gasteiger partial charge in [-0.15, -0.1) is 0 Å². The summed E-state index contributed by atoms with van der Waals surface area (Å²) in [5.74, 6) is 6.69. The molecule has 2 aromatic heterocycles. The van der Waals surface area contributed by atoms with E-state index in [0.29, 0.717) is 18.9 Å². The molecule has 2 aromatic rings. The SMILES string of the molecule is CC(C)Oc1nc(NN)nc(NCCc2ncn(C)n2)n1. The fourth-order valence-corrected chi connectivity index (χ4v) is 1.55. The van der Waals surface area contributed by atoms with E-state index in [4.69, 9.17) is 10.6 Å². The standard InChI is InChI=1S/C11H19N9O/c1-7(2)21-11-16-9(15-10(17-11)18-12)13-5-4-8-14-6-20(3)19-8/h6-7H,4-5,12H2,1-3H3,(H2,13,15,16,17,18). The van der Waals surface area contributed by atoms with E-state index in [1.165, 1.54) is 0 Å². The minimum atomic E-state index is -0.0383. The van der Waals surface area contributed by atoms with Crippen LogP contribution in [-0.2, 0) is 13.5 Å². The molecule has 10 heteroatoms. The second kappa shape index (κ2) is 6.79. The molecular weight excluding hydrogens is 274 g/mol. The van der Waals surface area contributed by atoms with Crippen LogP contribution in [-0.4, -0.2) is 42.4 Å². The van der Waals surface area contributed by atoms with Gasteiger partial charge in [0.15, 0.2) is 5.82 Å². The van der Waals surface area contributed by atoms with Gasteiger partial charge in [-0.05, 0) is 13.8 Å². The lowest BCUT2D eigenvalue weighted by Crippen LogP contribution is -2.17. The molecule has 0 spiro atoms. The van der Waals surface area contributed by atoms with Gasteiger partial charge in [0.05, 0.1) is 6.10 Å². The first-order valence-corrected chi connectivity index (χ1v) is 6.54. The molecule has 114 valence electrons. The van der Waals surface area contributed by atoms with Gasteiger partial charge in [-0.2, -0.15) is 20.1 Å². The zero-order valence-corrected chi connectivity index (χ0v) is 12.2. The largest absolute Gasteiger partial charge is 0.461 e. The summed E-state index contributed by atoms with van der Waals surface area (Å²) in [6, 6.07) is 0.214. The molecule has 2 heterocycles. The minimum Gasteiger partial charge on any atom is -0.461 e. The summed E-state index contributed by atoms with van der Waals surface area (Å²) in [7, 11) is 1.82. The third-order valence-corrected chi connectivity index (χ3v) is 2.36. The minimum absolute atomic E-state index is 0.0383. The molecule has 21 heavy (non-hydrogen) atoms. The fraction of sp³-hybridized carbons (Fsp3) is 0.545. The highest BCUT2D eigenvalue weighted by Crippen LogP contribution is 2.11. The summed E-state index contributed by atoms with van der Waals surface area (Å²) in [5.41, 5.74) is 2.38. The summed E-state index contributed by atoms with van der Waals surface area (Å²) in [5, 5.41) is 7.25. The van der Waals surface area contributed by atoms with Gasteiger partial charge in [0.25, 0.3) is 0 Å². The van der Waals surface area contributed by atoms with Gasteiger partial charge in [0.2, 0.25) is 11.9 Å². The van der Waals surface area contributed by atoms with Gasteiger partial charge >= 0.3 is 6.01 Å². The van der Waals surface area contributed by atoms with Crippen molar-refractivity contribution in [3.05, 3.63) is 12.2 Å². The Morgan fingerprint density at radius 2 is 2.05 bits per heavy atom. The monoisotopic (exact) mass is 293 g/mol. The molecule has 0 aliphatic heterocycles. The molecule has 2 rings (SSSR count). The highest BCUT2D eigenvalue weighted by atomic mass is 16.5. The van der Waals surface area contributed by atoms with Gasteiger partial charge in [0.1, 0.15) is 6.33 Å². The Kier molecular flexibility index (Phi) is 4.82. The summed E-state index contributed by atoms with van der Waals surface area (Å²) < 4.78 is 7.10. The van der Waals surface area contributed by atoms with Crippen molar-refractivity contribution >= 4 is 11.9 Å². The van der Waals surface area contributed by atoms with Crippen LogP contribution >= 0.6 is 0 Å². The normalized spacial score (nSPS) is 10.7. The molecule has 0 aliphatic rings. The summed E-state index contributed by atoms with van der Waals surface area (Å²) in [6.45, 7) is 4.36. The van der Waals surface area contributed by atoms with Crippen LogP contribution in [0.5, 0.6) is 6.01 Å². The maximum atomic E-state index is 5.44. The number of hydrogen-bond acceptors (Lipinski definition) is 9. The first-order valence-electron chi connectivity index (χ1n) is 6.54. The Balaban J connectivity index is 1.97. The third kappa shape index (κ3) is 4.53. The van der Waals surface area contributed by atoms with Gasteiger partial charge in [-0.1, -0.05) is 0 Å². The second-order valence-electron chi connectivity index (χ2n) is 4.59. The Labute approximate surface area is 122 Å². The van der Waals surface area contributed by atoms with Crippen molar-refractivity contribution in [3.63, 3.8) is 0 Å². The van der Waals surface area contributed by atoms with Gasteiger partial charge in [0, 0.05) is 20.0 Å². The van der Waals surface area contributed by atoms with Crippen LogP contribution < -0.4 is 21.3 Å². The van der Waals surface area contributed by atoms with Crippen molar-refractivity contribution in [2.45, 2.75) is 26.4 Å². The van der Waals surface area contributed by atoms with Crippen LogP contribution in [0.3, 0.4) is 0 Å². The molecule has 0 unspecified atom stereocenters. The van der Waals surface area contributed by atoms with Crippen molar-refractivity contribution in [3.8, 4) is 6.01 Å². The average molecular weight is 293 g/mol. The Hall–Kier alpha value is -2.49. The van der Waals surface area contributed by atoms with Gasteiger partial charge in [-0.3, -0.25) is 10.1 Å². The Morgan fingerprint density at radius 3 is 2.67 bits per heavy atom. The van der Waals surface area contributed by atoms with E-state index < -0.39 is 0 Å². The lowest BCUT2D eigenvalue weighted by atomic mass is 10.4. The first-order chi connectivity index (χ1) is 10.1. The van der Waals surface area contributed by atoms with E-state index >= 15 is 0 Å². The highest BCUT2D eigenvalue weighted by Gasteiger charge is 2.08. The molecule has 0 radical (unpaired) electrons. The number of nitrogens with one attached hydrogen (secondary N) is 2. The second-order valence-corrected chi connectivity index (χ2v) is 4.59. The predicted octanol–water partition coefficient (Wildman–Crippen LogP) is -0.272. The van der Waals surface area contributed by atoms with E-state index in [-0.39, 0.29) is 18.1 Å². The number of ether oxygens (including phenoxy) is 1. The van der Waals surface area contributed by atoms with Gasteiger partial charge < -0.3 is 10.1 Å². The van der Waals surface area contributed by atoms with E-state index in [2.05, 4.69) is 35.8 Å². The van der Waals surface area contributed by atoms with Crippen molar-refractivity contribution in [1.82, 2.24) is 29.7 Å². The zero-order valence-electron chi connectivity index (χ0n) is 12.2. The molecular formula is C11H19N9O. The van der Waals surface area contributed by atoms with E-state index in [0.717, 1.165) is 5.82 Å². The number of nitrogen functional groups attached to an aromatic ring is 1. The summed E-state index contributed by atoms with van der Waals surface area (Å²) >= 11 is 0. The maximum absolute atomic E-state index is 5.44. The molecule has 0 amide bonds. The van der Waals surface area contributed by atoms with Crippen LogP contribution in [0, 0.1) is 0 Å². The topological polar surface area (TPSA) is 129 Å². The first kappa shape index (κ1) is 14.9. The number of anilines is 2. The Morgan fingerprint density at radius 1 is 1.29 bits per heavy atom.